The van der Waals surface area contributed by atoms with Crippen LogP contribution in [0.15, 0.2) is 44.7 Å². The number of fused-ring (bicyclic) bond motifs is 1. The van der Waals surface area contributed by atoms with Crippen LogP contribution >= 0.6 is 11.8 Å². The van der Waals surface area contributed by atoms with Crippen molar-refractivity contribution in [2.75, 3.05) is 12.9 Å². The van der Waals surface area contributed by atoms with Crippen molar-refractivity contribution in [2.45, 2.75) is 31.2 Å². The minimum absolute atomic E-state index is 0.0460. The number of nitrogens with one attached hydrogen (secondary N) is 1. The molecule has 1 unspecified atom stereocenters. The summed E-state index contributed by atoms with van der Waals surface area (Å²) in [7, 11) is 1.55. The molecule has 0 bridgehead atoms. The largest absolute Gasteiger partial charge is 0.497 e. The maximum atomic E-state index is 12.9. The van der Waals surface area contributed by atoms with Crippen LogP contribution in [-0.4, -0.2) is 28.9 Å². The number of hydrogen-bond donors (Lipinski definition) is 1. The molecule has 4 rings (SSSR count). The minimum atomic E-state index is -0.755. The van der Waals surface area contributed by atoms with Crippen molar-refractivity contribution in [1.82, 2.24) is 10.3 Å². The van der Waals surface area contributed by atoms with Gasteiger partial charge in [-0.25, -0.2) is 9.78 Å². The first-order chi connectivity index (χ1) is 15.0. The third-order valence-corrected chi connectivity index (χ3v) is 6.29. The molecule has 0 radical (unpaired) electrons. The Balaban J connectivity index is 1.57. The Kier molecular flexibility index (Phi) is 5.91. The van der Waals surface area contributed by atoms with Crippen LogP contribution in [-0.2, 0) is 12.8 Å². The number of ketones is 1. The van der Waals surface area contributed by atoms with Gasteiger partial charge in [-0.3, -0.25) is 9.32 Å². The summed E-state index contributed by atoms with van der Waals surface area (Å²) in [6, 6.07) is 10.9. The van der Waals surface area contributed by atoms with Crippen molar-refractivity contribution < 1.29 is 18.7 Å². The fourth-order valence-electron chi connectivity index (χ4n) is 3.64. The second-order valence-electron chi connectivity index (χ2n) is 7.48. The number of hydrogen-bond acceptors (Lipinski definition) is 7. The van der Waals surface area contributed by atoms with Crippen LogP contribution in [0.2, 0.25) is 0 Å². The highest BCUT2D eigenvalue weighted by molar-refractivity contribution is 8.00. The molecule has 2 aromatic heterocycles. The number of methoxy groups -OCH3 is 1. The predicted octanol–water partition coefficient (Wildman–Crippen LogP) is 2.62. The van der Waals surface area contributed by atoms with Crippen molar-refractivity contribution >= 4 is 17.5 Å². The fraction of sp³-hybridized carbons (Fsp3) is 0.318. The number of nitriles is 1. The molecule has 31 heavy (non-hydrogen) atoms. The second kappa shape index (κ2) is 8.78. The van der Waals surface area contributed by atoms with Crippen LogP contribution < -0.4 is 15.0 Å². The van der Waals surface area contributed by atoms with Gasteiger partial charge in [0, 0.05) is 17.8 Å². The first-order valence-electron chi connectivity index (χ1n) is 9.87. The topological polar surface area (TPSA) is 113 Å². The van der Waals surface area contributed by atoms with Crippen molar-refractivity contribution in [3.8, 4) is 17.5 Å². The molecule has 0 saturated heterocycles. The number of pyridine rings is 1. The molecular formula is C22H21N4O4S+. The van der Waals surface area contributed by atoms with E-state index in [4.69, 9.17) is 9.26 Å². The Bertz CT molecular complexity index is 1220. The number of H-pyrrole nitrogens is 1. The molecule has 1 atom stereocenters. The zero-order valence-electron chi connectivity index (χ0n) is 17.2. The molecule has 0 fully saturated rings. The van der Waals surface area contributed by atoms with E-state index in [0.29, 0.717) is 27.9 Å². The molecule has 1 aliphatic rings. The van der Waals surface area contributed by atoms with Gasteiger partial charge < -0.3 is 4.74 Å². The Labute approximate surface area is 182 Å². The Morgan fingerprint density at radius 3 is 2.90 bits per heavy atom. The second-order valence-corrected chi connectivity index (χ2v) is 8.45. The first-order valence-corrected chi connectivity index (χ1v) is 10.9. The molecule has 1 aliphatic carbocycles. The normalized spacial score (nSPS) is 15.2. The van der Waals surface area contributed by atoms with Gasteiger partial charge in [0.1, 0.15) is 16.8 Å². The third-order valence-electron chi connectivity index (χ3n) is 5.30. The molecule has 1 aromatic carbocycles. The SMILES string of the molecule is COc1ccc(-[n+]2[nH]oc(=O)c2C(=O)CSc2nc3c(cc2C#N)CC(C)CC3)cc1. The predicted molar refractivity (Wildman–Crippen MR) is 113 cm³/mol. The number of thioether (sulfide) groups is 1. The Morgan fingerprint density at radius 1 is 1.42 bits per heavy atom. The lowest BCUT2D eigenvalue weighted by molar-refractivity contribution is -0.672. The summed E-state index contributed by atoms with van der Waals surface area (Å²) < 4.78 is 11.3. The molecule has 0 spiro atoms. The molecule has 158 valence electrons. The van der Waals surface area contributed by atoms with E-state index < -0.39 is 11.4 Å². The van der Waals surface area contributed by atoms with E-state index in [9.17, 15) is 14.9 Å². The van der Waals surface area contributed by atoms with Gasteiger partial charge >= 0.3 is 11.3 Å². The van der Waals surface area contributed by atoms with E-state index in [0.717, 1.165) is 42.3 Å². The van der Waals surface area contributed by atoms with Gasteiger partial charge in [-0.2, -0.15) is 5.26 Å². The van der Waals surface area contributed by atoms with Gasteiger partial charge in [0.2, 0.25) is 11.5 Å². The van der Waals surface area contributed by atoms with Gasteiger partial charge in [-0.1, -0.05) is 18.7 Å². The van der Waals surface area contributed by atoms with Crippen LogP contribution in [0, 0.1) is 17.2 Å². The Hall–Kier alpha value is -3.38. The molecule has 0 amide bonds. The van der Waals surface area contributed by atoms with Gasteiger partial charge in [0.15, 0.2) is 0 Å². The molecule has 3 aromatic rings. The minimum Gasteiger partial charge on any atom is -0.497 e. The maximum Gasteiger partial charge on any atom is 0.438 e. The standard InChI is InChI=1S/C22H20N4O4S/c1-13-3-8-18-14(9-13)10-15(11-23)21(24-18)31-12-19(27)20-22(28)30-25-26(20)16-4-6-17(29-2)7-5-16/h4-7,10,13H,3,8-9,12H2,1-2H3/p+1. The highest BCUT2D eigenvalue weighted by Crippen LogP contribution is 2.29. The van der Waals surface area contributed by atoms with E-state index >= 15 is 0 Å². The summed E-state index contributed by atoms with van der Waals surface area (Å²) in [6.45, 7) is 2.19. The fourth-order valence-corrected chi connectivity index (χ4v) is 4.48. The first kappa shape index (κ1) is 20.9. The van der Waals surface area contributed by atoms with E-state index in [1.165, 1.54) is 4.68 Å². The molecule has 0 aliphatic heterocycles. The highest BCUT2D eigenvalue weighted by atomic mass is 32.2. The van der Waals surface area contributed by atoms with Crippen molar-refractivity contribution in [1.29, 1.82) is 5.26 Å². The third kappa shape index (κ3) is 4.25. The lowest BCUT2D eigenvalue weighted by Crippen LogP contribution is -2.41. The lowest BCUT2D eigenvalue weighted by Gasteiger charge is -2.21. The summed E-state index contributed by atoms with van der Waals surface area (Å²) in [6.07, 6.45) is 2.83. The van der Waals surface area contributed by atoms with Crippen LogP contribution in [0.1, 0.15) is 40.7 Å². The average Bonchev–Trinajstić information content (AvgIpc) is 3.18. The molecule has 8 nitrogen and oxygen atoms in total. The monoisotopic (exact) mass is 437 g/mol. The number of carbonyl (C=O) groups excluding carboxylic acids is 1. The number of nitrogens with zero attached hydrogens (tertiary/aromatic N) is 3. The van der Waals surface area contributed by atoms with Gasteiger partial charge in [-0.15, -0.1) is 0 Å². The quantitative estimate of drug-likeness (QED) is 0.358. The lowest BCUT2D eigenvalue weighted by atomic mass is 9.87. The molecule has 9 heteroatoms. The number of ether oxygens (including phenoxy) is 1. The Morgan fingerprint density at radius 2 is 2.19 bits per heavy atom. The number of aryl methyl sites for hydroxylation is 1. The molecule has 0 saturated carbocycles. The van der Waals surface area contributed by atoms with E-state index in [-0.39, 0.29) is 11.4 Å². The van der Waals surface area contributed by atoms with Gasteiger partial charge in [0.25, 0.3) is 0 Å². The van der Waals surface area contributed by atoms with Crippen molar-refractivity contribution in [3.63, 3.8) is 0 Å². The van der Waals surface area contributed by atoms with E-state index in [2.05, 4.69) is 23.2 Å². The zero-order valence-corrected chi connectivity index (χ0v) is 18.0. The summed E-state index contributed by atoms with van der Waals surface area (Å²) in [5.41, 5.74) is 2.22. The van der Waals surface area contributed by atoms with Crippen LogP contribution in [0.3, 0.4) is 0 Å². The summed E-state index contributed by atoms with van der Waals surface area (Å²) in [5, 5.41) is 12.5. The molecular weight excluding hydrogens is 416 g/mol. The zero-order chi connectivity index (χ0) is 22.0. The molecule has 1 N–H and O–H groups in total. The molecule has 2 heterocycles. The summed E-state index contributed by atoms with van der Waals surface area (Å²) >= 11 is 1.16. The average molecular weight is 438 g/mol. The number of aromatic nitrogens is 3. The number of Topliss-reactive ketones (excluding diaryl/α,β-unsaturated/α-hetero) is 1. The van der Waals surface area contributed by atoms with Crippen molar-refractivity contribution in [2.24, 2.45) is 5.92 Å². The highest BCUT2D eigenvalue weighted by Gasteiger charge is 2.31. The van der Waals surface area contributed by atoms with Crippen LogP contribution in [0.25, 0.3) is 5.69 Å². The van der Waals surface area contributed by atoms with Crippen LogP contribution in [0.5, 0.6) is 5.75 Å². The number of carbonyl (C=O) groups is 1. The van der Waals surface area contributed by atoms with Crippen LogP contribution in [0.4, 0.5) is 0 Å². The van der Waals surface area contributed by atoms with E-state index in [1.54, 1.807) is 31.4 Å². The number of aromatic amines is 1. The van der Waals surface area contributed by atoms with Gasteiger partial charge in [0.05, 0.1) is 18.4 Å². The van der Waals surface area contributed by atoms with Gasteiger partial charge in [-0.05, 0) is 58.9 Å². The number of benzene rings is 1. The number of rotatable bonds is 6. The summed E-state index contributed by atoms with van der Waals surface area (Å²) in [5.74, 6) is 0.751. The summed E-state index contributed by atoms with van der Waals surface area (Å²) in [4.78, 5) is 29.7. The van der Waals surface area contributed by atoms with E-state index in [1.807, 2.05) is 6.07 Å². The smallest absolute Gasteiger partial charge is 0.438 e. The maximum absolute atomic E-state index is 12.9. The van der Waals surface area contributed by atoms with Crippen molar-refractivity contribution in [3.05, 3.63) is 63.3 Å².